The summed E-state index contributed by atoms with van der Waals surface area (Å²) in [7, 11) is 4.02. The number of nitrogens with two attached hydrogens (primary N) is 1. The minimum absolute atomic E-state index is 0. The van der Waals surface area contributed by atoms with Crippen LogP contribution in [0, 0.1) is 5.92 Å². The molecule has 0 saturated carbocycles. The van der Waals surface area contributed by atoms with Gasteiger partial charge in [-0.05, 0) is 51.2 Å². The maximum absolute atomic E-state index is 12.1. The molecule has 0 radical (unpaired) electrons. The molecule has 1 amide bonds. The summed E-state index contributed by atoms with van der Waals surface area (Å²) < 4.78 is 0. The molecule has 1 aliphatic rings. The fourth-order valence-electron chi connectivity index (χ4n) is 2.63. The first-order valence-electron chi connectivity index (χ1n) is 7.59. The van der Waals surface area contributed by atoms with Gasteiger partial charge in [-0.2, -0.15) is 0 Å². The molecule has 0 aromatic heterocycles. The van der Waals surface area contributed by atoms with Crippen LogP contribution in [-0.2, 0) is 4.79 Å². The topological polar surface area (TPSA) is 61.6 Å². The number of nitrogens with one attached hydrogen (secondary N) is 1. The van der Waals surface area contributed by atoms with Gasteiger partial charge < -0.3 is 20.9 Å². The van der Waals surface area contributed by atoms with Crippen molar-refractivity contribution in [3.05, 3.63) is 24.3 Å². The Morgan fingerprint density at radius 2 is 1.71 bits per heavy atom. The van der Waals surface area contributed by atoms with E-state index in [0.29, 0.717) is 0 Å². The summed E-state index contributed by atoms with van der Waals surface area (Å²) in [6.45, 7) is 3.46. The normalized spacial score (nSPS) is 14.2. The summed E-state index contributed by atoms with van der Waals surface area (Å²) in [5.41, 5.74) is 7.69. The molecule has 0 atom stereocenters. The molecule has 0 bridgehead atoms. The first-order chi connectivity index (χ1) is 10.1. The van der Waals surface area contributed by atoms with Crippen LogP contribution in [0.1, 0.15) is 12.8 Å². The lowest BCUT2D eigenvalue weighted by Gasteiger charge is -2.33. The number of amides is 1. The van der Waals surface area contributed by atoms with Crippen LogP contribution in [0.5, 0.6) is 0 Å². The van der Waals surface area contributed by atoms with Gasteiger partial charge in [0.05, 0.1) is 0 Å². The number of nitrogens with zero attached hydrogens (tertiary/aromatic N) is 2. The van der Waals surface area contributed by atoms with Gasteiger partial charge in [0.25, 0.3) is 0 Å². The summed E-state index contributed by atoms with van der Waals surface area (Å²) in [5.74, 6) is 0.353. The Morgan fingerprint density at radius 3 is 2.21 bits per heavy atom. The second-order valence-electron chi connectivity index (χ2n) is 5.95. The van der Waals surface area contributed by atoms with Crippen LogP contribution < -0.4 is 16.0 Å². The van der Waals surface area contributed by atoms with Crippen LogP contribution in [0.15, 0.2) is 24.3 Å². The van der Waals surface area contributed by atoms with Gasteiger partial charge in [-0.15, -0.1) is 37.2 Å². The monoisotopic (exact) mass is 398 g/mol. The van der Waals surface area contributed by atoms with Crippen molar-refractivity contribution in [2.75, 3.05) is 50.9 Å². The van der Waals surface area contributed by atoms with E-state index in [9.17, 15) is 4.79 Å². The molecule has 1 aromatic carbocycles. The Balaban J connectivity index is 0. The van der Waals surface area contributed by atoms with Crippen LogP contribution in [-0.4, -0.2) is 51.1 Å². The molecule has 1 saturated heterocycles. The third kappa shape index (κ3) is 7.79. The van der Waals surface area contributed by atoms with Crippen molar-refractivity contribution in [2.45, 2.75) is 12.8 Å². The Bertz CT molecular complexity index is 463. The van der Waals surface area contributed by atoms with Gasteiger partial charge in [-0.1, -0.05) is 0 Å². The van der Waals surface area contributed by atoms with E-state index in [1.165, 1.54) is 5.69 Å². The summed E-state index contributed by atoms with van der Waals surface area (Å²) in [5, 5.41) is 3.03. The van der Waals surface area contributed by atoms with Crippen molar-refractivity contribution in [2.24, 2.45) is 5.92 Å². The number of anilines is 2. The maximum Gasteiger partial charge on any atom is 0.223 e. The van der Waals surface area contributed by atoms with Gasteiger partial charge in [-0.3, -0.25) is 4.79 Å². The van der Waals surface area contributed by atoms with Crippen LogP contribution >= 0.6 is 37.2 Å². The average Bonchev–Trinajstić information content (AvgIpc) is 2.48. The Morgan fingerprint density at radius 1 is 1.17 bits per heavy atom. The van der Waals surface area contributed by atoms with Gasteiger partial charge in [0.1, 0.15) is 0 Å². The predicted octanol–water partition coefficient (Wildman–Crippen LogP) is 2.43. The van der Waals surface area contributed by atoms with E-state index in [0.717, 1.165) is 44.7 Å². The van der Waals surface area contributed by atoms with Crippen molar-refractivity contribution in [3.63, 3.8) is 0 Å². The molecular weight excluding hydrogens is 371 g/mol. The standard InChI is InChI=1S/C16H26N4O.3ClH/c1-19(2)12-9-18-16(21)13-7-10-20(11-8-13)15-5-3-14(17)4-6-15;;;/h3-6,13H,7-12,17H2,1-2H3,(H,18,21);3*1H. The smallest absolute Gasteiger partial charge is 0.223 e. The number of likely N-dealkylation sites (N-methyl/N-ethyl adjacent to an activating group) is 1. The fourth-order valence-corrected chi connectivity index (χ4v) is 2.63. The number of hydrogen-bond donors (Lipinski definition) is 2. The lowest BCUT2D eigenvalue weighted by atomic mass is 9.95. The minimum atomic E-state index is 0. The number of piperidine rings is 1. The van der Waals surface area contributed by atoms with Crippen molar-refractivity contribution >= 4 is 54.5 Å². The third-order valence-electron chi connectivity index (χ3n) is 3.98. The molecule has 2 rings (SSSR count). The van der Waals surface area contributed by atoms with Crippen LogP contribution in [0.25, 0.3) is 0 Å². The molecule has 1 heterocycles. The lowest BCUT2D eigenvalue weighted by molar-refractivity contribution is -0.125. The highest BCUT2D eigenvalue weighted by Gasteiger charge is 2.24. The number of carbonyl (C=O) groups is 1. The van der Waals surface area contributed by atoms with Crippen LogP contribution in [0.3, 0.4) is 0 Å². The van der Waals surface area contributed by atoms with E-state index in [2.05, 4.69) is 15.1 Å². The van der Waals surface area contributed by atoms with E-state index in [4.69, 9.17) is 5.73 Å². The lowest BCUT2D eigenvalue weighted by Crippen LogP contribution is -2.42. The largest absolute Gasteiger partial charge is 0.399 e. The number of rotatable bonds is 5. The number of halogens is 3. The summed E-state index contributed by atoms with van der Waals surface area (Å²) in [6.07, 6.45) is 1.83. The zero-order valence-electron chi connectivity index (χ0n) is 14.2. The van der Waals surface area contributed by atoms with Gasteiger partial charge >= 0.3 is 0 Å². The molecule has 3 N–H and O–H groups in total. The van der Waals surface area contributed by atoms with E-state index in [-0.39, 0.29) is 49.0 Å². The SMILES string of the molecule is CN(C)CCNC(=O)C1CCN(c2ccc(N)cc2)CC1.Cl.Cl.Cl. The maximum atomic E-state index is 12.1. The van der Waals surface area contributed by atoms with Crippen molar-refractivity contribution in [1.82, 2.24) is 10.2 Å². The van der Waals surface area contributed by atoms with Crippen molar-refractivity contribution < 1.29 is 4.79 Å². The Labute approximate surface area is 163 Å². The summed E-state index contributed by atoms with van der Waals surface area (Å²) >= 11 is 0. The molecule has 1 fully saturated rings. The van der Waals surface area contributed by atoms with Crippen molar-refractivity contribution in [1.29, 1.82) is 0 Å². The van der Waals surface area contributed by atoms with E-state index in [1.54, 1.807) is 0 Å². The number of carbonyl (C=O) groups excluding carboxylic acids is 1. The average molecular weight is 400 g/mol. The number of benzene rings is 1. The molecular formula is C16H29Cl3N4O. The molecule has 0 aliphatic carbocycles. The minimum Gasteiger partial charge on any atom is -0.399 e. The first-order valence-corrected chi connectivity index (χ1v) is 7.59. The third-order valence-corrected chi connectivity index (χ3v) is 3.98. The Kier molecular flexibility index (Phi) is 13.2. The first kappa shape index (κ1) is 25.4. The molecule has 1 aromatic rings. The zero-order chi connectivity index (χ0) is 15.2. The van der Waals surface area contributed by atoms with Gasteiger partial charge in [0.2, 0.25) is 5.91 Å². The highest BCUT2D eigenvalue weighted by Crippen LogP contribution is 2.24. The van der Waals surface area contributed by atoms with E-state index in [1.807, 2.05) is 38.4 Å². The quantitative estimate of drug-likeness (QED) is 0.747. The predicted molar refractivity (Wildman–Crippen MR) is 109 cm³/mol. The van der Waals surface area contributed by atoms with Gasteiger partial charge in [0.15, 0.2) is 0 Å². The highest BCUT2D eigenvalue weighted by atomic mass is 35.5. The molecule has 8 heteroatoms. The molecule has 140 valence electrons. The molecule has 1 aliphatic heterocycles. The number of nitrogen functional groups attached to an aromatic ring is 1. The van der Waals surface area contributed by atoms with Gasteiger partial charge in [0, 0.05) is 43.5 Å². The second-order valence-corrected chi connectivity index (χ2v) is 5.95. The zero-order valence-corrected chi connectivity index (χ0v) is 16.7. The summed E-state index contributed by atoms with van der Waals surface area (Å²) in [6, 6.07) is 7.95. The molecule has 5 nitrogen and oxygen atoms in total. The number of hydrogen-bond acceptors (Lipinski definition) is 4. The van der Waals surface area contributed by atoms with Crippen LogP contribution in [0.4, 0.5) is 11.4 Å². The van der Waals surface area contributed by atoms with E-state index >= 15 is 0 Å². The summed E-state index contributed by atoms with van der Waals surface area (Å²) in [4.78, 5) is 16.5. The van der Waals surface area contributed by atoms with E-state index < -0.39 is 0 Å². The second kappa shape index (κ2) is 12.5. The molecule has 0 spiro atoms. The van der Waals surface area contributed by atoms with Gasteiger partial charge in [-0.25, -0.2) is 0 Å². The van der Waals surface area contributed by atoms with Crippen LogP contribution in [0.2, 0.25) is 0 Å². The fraction of sp³-hybridized carbons (Fsp3) is 0.562. The molecule has 0 unspecified atom stereocenters. The Hall–Kier alpha value is -0.880. The van der Waals surface area contributed by atoms with Crippen molar-refractivity contribution in [3.8, 4) is 0 Å². The highest BCUT2D eigenvalue weighted by molar-refractivity contribution is 5.86. The molecule has 24 heavy (non-hydrogen) atoms.